The number of hydrogen-bond acceptors (Lipinski definition) is 3. The number of imidazole rings is 1. The summed E-state index contributed by atoms with van der Waals surface area (Å²) in [6, 6.07) is 19.1. The van der Waals surface area contributed by atoms with E-state index >= 15 is 0 Å². The Kier molecular flexibility index (Phi) is 6.82. The zero-order valence-corrected chi connectivity index (χ0v) is 19.0. The molecule has 1 aromatic heterocycles. The van der Waals surface area contributed by atoms with Crippen LogP contribution in [0.1, 0.15) is 43.1 Å². The number of halogens is 1. The lowest BCUT2D eigenvalue weighted by Gasteiger charge is -2.08. The molecule has 2 N–H and O–H groups in total. The highest BCUT2D eigenvalue weighted by molar-refractivity contribution is 6.04. The minimum absolute atomic E-state index is 0.151. The molecule has 0 radical (unpaired) electrons. The van der Waals surface area contributed by atoms with Gasteiger partial charge in [-0.05, 0) is 72.5 Å². The highest BCUT2D eigenvalue weighted by atomic mass is 19.1. The van der Waals surface area contributed by atoms with Crippen molar-refractivity contribution >= 4 is 17.5 Å². The molecule has 1 heterocycles. The van der Waals surface area contributed by atoms with E-state index in [0.29, 0.717) is 30.0 Å². The van der Waals surface area contributed by atoms with E-state index in [1.54, 1.807) is 24.7 Å². The molecule has 0 aliphatic carbocycles. The van der Waals surface area contributed by atoms with Crippen molar-refractivity contribution in [3.63, 3.8) is 0 Å². The summed E-state index contributed by atoms with van der Waals surface area (Å²) in [5, 5.41) is 5.69. The van der Waals surface area contributed by atoms with Gasteiger partial charge in [0.05, 0.1) is 6.33 Å². The Balaban J connectivity index is 1.32. The van der Waals surface area contributed by atoms with E-state index in [9.17, 15) is 14.0 Å². The Morgan fingerprint density at radius 2 is 1.59 bits per heavy atom. The van der Waals surface area contributed by atoms with Crippen molar-refractivity contribution in [2.75, 3.05) is 5.32 Å². The first kappa shape index (κ1) is 22.9. The SMILES string of the molecule is Cc1ccc(C(=O)Nc2ccc(Cn3cnc(C(=O)NCc4ccc(F)cc4)c3)cc2)cc1C. The van der Waals surface area contributed by atoms with Crippen LogP contribution in [-0.4, -0.2) is 21.4 Å². The maximum Gasteiger partial charge on any atom is 0.271 e. The predicted octanol–water partition coefficient (Wildman–Crippen LogP) is 4.87. The lowest BCUT2D eigenvalue weighted by molar-refractivity contribution is 0.0945. The van der Waals surface area contributed by atoms with Gasteiger partial charge < -0.3 is 15.2 Å². The first-order chi connectivity index (χ1) is 16.4. The number of aryl methyl sites for hydroxylation is 2. The quantitative estimate of drug-likeness (QED) is 0.417. The summed E-state index contributed by atoms with van der Waals surface area (Å²) in [4.78, 5) is 29.0. The van der Waals surface area contributed by atoms with E-state index in [4.69, 9.17) is 0 Å². The number of hydrogen-bond donors (Lipinski definition) is 2. The average Bonchev–Trinajstić information content (AvgIpc) is 3.30. The van der Waals surface area contributed by atoms with E-state index in [0.717, 1.165) is 22.3 Å². The van der Waals surface area contributed by atoms with Crippen molar-refractivity contribution in [1.29, 1.82) is 0 Å². The lowest BCUT2D eigenvalue weighted by Crippen LogP contribution is -2.23. The van der Waals surface area contributed by atoms with Crippen LogP contribution in [0.2, 0.25) is 0 Å². The van der Waals surface area contributed by atoms with Crippen molar-refractivity contribution in [3.8, 4) is 0 Å². The van der Waals surface area contributed by atoms with Gasteiger partial charge in [0.15, 0.2) is 0 Å². The molecule has 4 rings (SSSR count). The second kappa shape index (κ2) is 10.1. The molecule has 34 heavy (non-hydrogen) atoms. The van der Waals surface area contributed by atoms with Crippen LogP contribution in [-0.2, 0) is 13.1 Å². The van der Waals surface area contributed by atoms with Gasteiger partial charge in [0.1, 0.15) is 11.5 Å². The molecule has 0 fully saturated rings. The summed E-state index contributed by atoms with van der Waals surface area (Å²) >= 11 is 0. The largest absolute Gasteiger partial charge is 0.347 e. The van der Waals surface area contributed by atoms with Crippen molar-refractivity contribution in [1.82, 2.24) is 14.9 Å². The standard InChI is InChI=1S/C27H25FN4O2/c1-18-3-8-22(13-19(18)2)26(33)31-24-11-6-21(7-12-24)15-32-16-25(30-17-32)27(34)29-14-20-4-9-23(28)10-5-20/h3-13,16-17H,14-15H2,1-2H3,(H,29,34)(H,31,33). The smallest absolute Gasteiger partial charge is 0.271 e. The molecule has 0 bridgehead atoms. The summed E-state index contributed by atoms with van der Waals surface area (Å²) in [6.07, 6.45) is 3.28. The number of carbonyl (C=O) groups is 2. The Morgan fingerprint density at radius 1 is 0.882 bits per heavy atom. The molecule has 0 saturated heterocycles. The zero-order chi connectivity index (χ0) is 24.1. The Bertz CT molecular complexity index is 1310. The van der Waals surface area contributed by atoms with Crippen LogP contribution in [0.25, 0.3) is 0 Å². The van der Waals surface area contributed by atoms with Crippen LogP contribution in [0, 0.1) is 19.7 Å². The first-order valence-electron chi connectivity index (χ1n) is 10.9. The fraction of sp³-hybridized carbons (Fsp3) is 0.148. The number of nitrogens with zero attached hydrogens (tertiary/aromatic N) is 2. The predicted molar refractivity (Wildman–Crippen MR) is 129 cm³/mol. The van der Waals surface area contributed by atoms with Crippen LogP contribution >= 0.6 is 0 Å². The third-order valence-electron chi connectivity index (χ3n) is 5.58. The molecular weight excluding hydrogens is 431 g/mol. The first-order valence-corrected chi connectivity index (χ1v) is 10.9. The molecule has 0 aliphatic heterocycles. The second-order valence-corrected chi connectivity index (χ2v) is 8.19. The molecular formula is C27H25FN4O2. The fourth-order valence-electron chi connectivity index (χ4n) is 3.43. The molecule has 6 nitrogen and oxygen atoms in total. The third kappa shape index (κ3) is 5.75. The van der Waals surface area contributed by atoms with Crippen molar-refractivity contribution in [2.45, 2.75) is 26.9 Å². The molecule has 0 unspecified atom stereocenters. The number of carbonyl (C=O) groups excluding carboxylic acids is 2. The molecule has 3 aromatic carbocycles. The molecule has 172 valence electrons. The maximum atomic E-state index is 13.0. The van der Waals surface area contributed by atoms with Crippen molar-refractivity contribution < 1.29 is 14.0 Å². The minimum atomic E-state index is -0.314. The summed E-state index contributed by atoms with van der Waals surface area (Å²) in [6.45, 7) is 4.82. The van der Waals surface area contributed by atoms with Gasteiger partial charge in [-0.1, -0.05) is 30.3 Å². The highest BCUT2D eigenvalue weighted by Gasteiger charge is 2.10. The summed E-state index contributed by atoms with van der Waals surface area (Å²) < 4.78 is 14.8. The van der Waals surface area contributed by atoms with Gasteiger partial charge in [0.2, 0.25) is 0 Å². The normalized spacial score (nSPS) is 10.7. The van der Waals surface area contributed by atoms with E-state index in [-0.39, 0.29) is 17.6 Å². The monoisotopic (exact) mass is 456 g/mol. The van der Waals surface area contributed by atoms with Gasteiger partial charge in [-0.3, -0.25) is 9.59 Å². The van der Waals surface area contributed by atoms with Crippen LogP contribution in [0.4, 0.5) is 10.1 Å². The minimum Gasteiger partial charge on any atom is -0.347 e. The van der Waals surface area contributed by atoms with Crippen molar-refractivity contribution in [2.24, 2.45) is 0 Å². The van der Waals surface area contributed by atoms with Gasteiger partial charge in [-0.15, -0.1) is 0 Å². The van der Waals surface area contributed by atoms with Gasteiger partial charge >= 0.3 is 0 Å². The number of aromatic nitrogens is 2. The summed E-state index contributed by atoms with van der Waals surface area (Å²) in [5.41, 5.74) is 5.66. The van der Waals surface area contributed by atoms with Crippen LogP contribution < -0.4 is 10.6 Å². The number of amides is 2. The Hall–Kier alpha value is -4.26. The van der Waals surface area contributed by atoms with Gasteiger partial charge in [-0.2, -0.15) is 0 Å². The fourth-order valence-corrected chi connectivity index (χ4v) is 3.43. The summed E-state index contributed by atoms with van der Waals surface area (Å²) in [7, 11) is 0. The topological polar surface area (TPSA) is 76.0 Å². The Labute approximate surface area is 197 Å². The highest BCUT2D eigenvalue weighted by Crippen LogP contribution is 2.15. The number of nitrogens with one attached hydrogen (secondary N) is 2. The second-order valence-electron chi connectivity index (χ2n) is 8.19. The Morgan fingerprint density at radius 3 is 2.29 bits per heavy atom. The number of rotatable bonds is 7. The molecule has 4 aromatic rings. The molecule has 2 amide bonds. The number of benzene rings is 3. The van der Waals surface area contributed by atoms with Gasteiger partial charge in [0.25, 0.3) is 11.8 Å². The molecule has 0 saturated carbocycles. The third-order valence-corrected chi connectivity index (χ3v) is 5.58. The van der Waals surface area contributed by atoms with Crippen molar-refractivity contribution in [3.05, 3.63) is 119 Å². The van der Waals surface area contributed by atoms with Gasteiger partial charge in [-0.25, -0.2) is 9.37 Å². The molecule has 7 heteroatoms. The maximum absolute atomic E-state index is 13.0. The molecule has 0 aliphatic rings. The lowest BCUT2D eigenvalue weighted by atomic mass is 10.1. The van der Waals surface area contributed by atoms with E-state index in [2.05, 4.69) is 15.6 Å². The molecule has 0 spiro atoms. The molecule has 0 atom stereocenters. The van der Waals surface area contributed by atoms with Gasteiger partial charge in [0, 0.05) is 30.5 Å². The number of anilines is 1. The van der Waals surface area contributed by atoms with Crippen LogP contribution in [0.3, 0.4) is 0 Å². The van der Waals surface area contributed by atoms with E-state index in [1.165, 1.54) is 12.1 Å². The van der Waals surface area contributed by atoms with E-state index in [1.807, 2.05) is 60.9 Å². The van der Waals surface area contributed by atoms with Crippen LogP contribution in [0.5, 0.6) is 0 Å². The summed E-state index contributed by atoms with van der Waals surface area (Å²) in [5.74, 6) is -0.764. The average molecular weight is 457 g/mol. The van der Waals surface area contributed by atoms with E-state index < -0.39 is 0 Å². The zero-order valence-electron chi connectivity index (χ0n) is 19.0. The van der Waals surface area contributed by atoms with Crippen LogP contribution in [0.15, 0.2) is 79.3 Å².